The molecule has 2 aromatic rings. The Kier molecular flexibility index (Phi) is 5.84. The van der Waals surface area contributed by atoms with E-state index in [1.807, 2.05) is 24.3 Å². The molecule has 0 heterocycles. The molecular weight excluding hydrogens is 316 g/mol. The van der Waals surface area contributed by atoms with Crippen molar-refractivity contribution in [1.29, 1.82) is 0 Å². The number of thiocarbonyl (C=S) groups is 1. The van der Waals surface area contributed by atoms with Gasteiger partial charge in [0.1, 0.15) is 5.75 Å². The van der Waals surface area contributed by atoms with Gasteiger partial charge in [-0.2, -0.15) is 0 Å². The fraction of sp³-hybridized carbons (Fsp3) is 0.350. The average Bonchev–Trinajstić information content (AvgIpc) is 2.54. The Morgan fingerprint density at radius 3 is 2.08 bits per heavy atom. The van der Waals surface area contributed by atoms with Crippen LogP contribution in [0.25, 0.3) is 0 Å². The Bertz CT molecular complexity index is 672. The lowest BCUT2D eigenvalue weighted by Gasteiger charge is -2.21. The summed E-state index contributed by atoms with van der Waals surface area (Å²) in [6, 6.07) is 16.5. The van der Waals surface area contributed by atoms with Gasteiger partial charge in [-0.3, -0.25) is 0 Å². The summed E-state index contributed by atoms with van der Waals surface area (Å²) in [5.41, 5.74) is 3.64. The Balaban J connectivity index is 1.95. The minimum Gasteiger partial charge on any atom is -0.497 e. The minimum absolute atomic E-state index is 0.136. The SMILES string of the molecule is COc1ccc(NC(=S)NC(C)c2ccc(C(C)(C)C)cc2)cc1. The van der Waals surface area contributed by atoms with Gasteiger partial charge >= 0.3 is 0 Å². The lowest BCUT2D eigenvalue weighted by molar-refractivity contribution is 0.415. The van der Waals surface area contributed by atoms with Crippen LogP contribution in [0.15, 0.2) is 48.5 Å². The number of benzene rings is 2. The van der Waals surface area contributed by atoms with Crippen LogP contribution in [0.3, 0.4) is 0 Å². The van der Waals surface area contributed by atoms with Gasteiger partial charge in [0.05, 0.1) is 13.2 Å². The second kappa shape index (κ2) is 7.67. The van der Waals surface area contributed by atoms with Gasteiger partial charge in [-0.15, -0.1) is 0 Å². The molecule has 4 heteroatoms. The third-order valence-electron chi connectivity index (χ3n) is 3.97. The number of methoxy groups -OCH3 is 1. The second-order valence-corrected chi connectivity index (χ2v) is 7.33. The van der Waals surface area contributed by atoms with E-state index in [0.717, 1.165) is 11.4 Å². The highest BCUT2D eigenvalue weighted by molar-refractivity contribution is 7.80. The summed E-state index contributed by atoms with van der Waals surface area (Å²) in [5.74, 6) is 0.826. The molecule has 0 radical (unpaired) electrons. The van der Waals surface area contributed by atoms with E-state index in [2.05, 4.69) is 62.6 Å². The zero-order valence-corrected chi connectivity index (χ0v) is 15.8. The van der Waals surface area contributed by atoms with Crippen molar-refractivity contribution >= 4 is 23.0 Å². The molecule has 0 saturated heterocycles. The quantitative estimate of drug-likeness (QED) is 0.763. The molecule has 0 bridgehead atoms. The van der Waals surface area contributed by atoms with Crippen LogP contribution in [-0.2, 0) is 5.41 Å². The fourth-order valence-electron chi connectivity index (χ4n) is 2.39. The number of hydrogen-bond donors (Lipinski definition) is 2. The van der Waals surface area contributed by atoms with Gasteiger partial charge < -0.3 is 15.4 Å². The zero-order valence-electron chi connectivity index (χ0n) is 15.0. The standard InChI is InChI=1S/C20H26N2OS/c1-14(15-6-8-16(9-7-15)20(2,3)4)21-19(24)22-17-10-12-18(23-5)13-11-17/h6-14H,1-5H3,(H2,21,22,24). The van der Waals surface area contributed by atoms with E-state index in [-0.39, 0.29) is 11.5 Å². The van der Waals surface area contributed by atoms with Crippen molar-refractivity contribution in [2.75, 3.05) is 12.4 Å². The van der Waals surface area contributed by atoms with Crippen LogP contribution in [0.5, 0.6) is 5.75 Å². The van der Waals surface area contributed by atoms with Crippen molar-refractivity contribution in [3.8, 4) is 5.75 Å². The Morgan fingerprint density at radius 2 is 1.58 bits per heavy atom. The van der Waals surface area contributed by atoms with E-state index in [1.54, 1.807) is 7.11 Å². The molecule has 1 unspecified atom stereocenters. The maximum Gasteiger partial charge on any atom is 0.171 e. The van der Waals surface area contributed by atoms with Crippen LogP contribution in [0.4, 0.5) is 5.69 Å². The van der Waals surface area contributed by atoms with Gasteiger partial charge in [0.15, 0.2) is 5.11 Å². The number of nitrogens with one attached hydrogen (secondary N) is 2. The van der Waals surface area contributed by atoms with Crippen LogP contribution in [0, 0.1) is 0 Å². The first-order valence-electron chi connectivity index (χ1n) is 8.11. The maximum atomic E-state index is 5.41. The predicted octanol–water partition coefficient (Wildman–Crippen LogP) is 5.04. The molecule has 0 fully saturated rings. The van der Waals surface area contributed by atoms with Crippen LogP contribution < -0.4 is 15.4 Å². The molecule has 3 nitrogen and oxygen atoms in total. The molecule has 0 aliphatic heterocycles. The molecule has 0 spiro atoms. The highest BCUT2D eigenvalue weighted by Crippen LogP contribution is 2.24. The van der Waals surface area contributed by atoms with Crippen molar-refractivity contribution in [3.05, 3.63) is 59.7 Å². The summed E-state index contributed by atoms with van der Waals surface area (Å²) < 4.78 is 5.15. The minimum atomic E-state index is 0.136. The van der Waals surface area contributed by atoms with Gasteiger partial charge in [0.2, 0.25) is 0 Å². The van der Waals surface area contributed by atoms with E-state index in [1.165, 1.54) is 11.1 Å². The average molecular weight is 343 g/mol. The molecule has 2 aromatic carbocycles. The Morgan fingerprint density at radius 1 is 1.00 bits per heavy atom. The van der Waals surface area contributed by atoms with E-state index in [4.69, 9.17) is 17.0 Å². The summed E-state index contributed by atoms with van der Waals surface area (Å²) in [7, 11) is 1.65. The van der Waals surface area contributed by atoms with Crippen molar-refractivity contribution in [1.82, 2.24) is 5.32 Å². The molecule has 0 aliphatic carbocycles. The summed E-state index contributed by atoms with van der Waals surface area (Å²) in [6.45, 7) is 8.76. The second-order valence-electron chi connectivity index (χ2n) is 6.92. The highest BCUT2D eigenvalue weighted by atomic mass is 32.1. The first kappa shape index (κ1) is 18.3. The number of ether oxygens (including phenoxy) is 1. The summed E-state index contributed by atoms with van der Waals surface area (Å²) >= 11 is 5.41. The van der Waals surface area contributed by atoms with Crippen LogP contribution in [-0.4, -0.2) is 12.2 Å². The largest absolute Gasteiger partial charge is 0.497 e. The summed E-state index contributed by atoms with van der Waals surface area (Å²) in [5, 5.41) is 7.12. The van der Waals surface area contributed by atoms with Crippen molar-refractivity contribution < 1.29 is 4.74 Å². The van der Waals surface area contributed by atoms with Crippen molar-refractivity contribution in [2.24, 2.45) is 0 Å². The maximum absolute atomic E-state index is 5.41. The molecule has 0 saturated carbocycles. The molecule has 0 aromatic heterocycles. The van der Waals surface area contributed by atoms with Gasteiger partial charge in [-0.25, -0.2) is 0 Å². The third-order valence-corrected chi connectivity index (χ3v) is 4.19. The highest BCUT2D eigenvalue weighted by Gasteiger charge is 2.14. The van der Waals surface area contributed by atoms with E-state index >= 15 is 0 Å². The zero-order chi connectivity index (χ0) is 17.7. The molecule has 1 atom stereocenters. The fourth-order valence-corrected chi connectivity index (χ4v) is 2.69. The summed E-state index contributed by atoms with van der Waals surface area (Å²) in [6.07, 6.45) is 0. The first-order valence-corrected chi connectivity index (χ1v) is 8.52. The third kappa shape index (κ3) is 4.96. The van der Waals surface area contributed by atoms with Gasteiger partial charge in [-0.05, 0) is 59.9 Å². The molecule has 0 aliphatic rings. The van der Waals surface area contributed by atoms with Crippen molar-refractivity contribution in [3.63, 3.8) is 0 Å². The Labute approximate surface area is 150 Å². The number of hydrogen-bond acceptors (Lipinski definition) is 2. The van der Waals surface area contributed by atoms with Crippen LogP contribution in [0.1, 0.15) is 44.9 Å². The van der Waals surface area contributed by atoms with Crippen LogP contribution >= 0.6 is 12.2 Å². The monoisotopic (exact) mass is 342 g/mol. The molecular formula is C20H26N2OS. The summed E-state index contributed by atoms with van der Waals surface area (Å²) in [4.78, 5) is 0. The van der Waals surface area contributed by atoms with E-state index in [0.29, 0.717) is 5.11 Å². The van der Waals surface area contributed by atoms with Gasteiger partial charge in [0, 0.05) is 5.69 Å². The lowest BCUT2D eigenvalue weighted by atomic mass is 9.86. The first-order chi connectivity index (χ1) is 11.3. The molecule has 24 heavy (non-hydrogen) atoms. The topological polar surface area (TPSA) is 33.3 Å². The number of anilines is 1. The van der Waals surface area contributed by atoms with Crippen molar-refractivity contribution in [2.45, 2.75) is 39.2 Å². The van der Waals surface area contributed by atoms with E-state index < -0.39 is 0 Å². The molecule has 128 valence electrons. The van der Waals surface area contributed by atoms with E-state index in [9.17, 15) is 0 Å². The number of rotatable bonds is 4. The van der Waals surface area contributed by atoms with Crippen LogP contribution in [0.2, 0.25) is 0 Å². The Hall–Kier alpha value is -2.07. The smallest absolute Gasteiger partial charge is 0.171 e. The van der Waals surface area contributed by atoms with Gasteiger partial charge in [0.25, 0.3) is 0 Å². The molecule has 2 N–H and O–H groups in total. The molecule has 2 rings (SSSR count). The normalized spacial score (nSPS) is 12.4. The lowest BCUT2D eigenvalue weighted by Crippen LogP contribution is -2.30. The molecule has 0 amide bonds. The predicted molar refractivity (Wildman–Crippen MR) is 106 cm³/mol. The van der Waals surface area contributed by atoms with Gasteiger partial charge in [-0.1, -0.05) is 45.0 Å².